The van der Waals surface area contributed by atoms with Crippen molar-refractivity contribution in [3.05, 3.63) is 46.4 Å². The average molecular weight is 327 g/mol. The molecule has 0 radical (unpaired) electrons. The van der Waals surface area contributed by atoms with Crippen LogP contribution in [0.5, 0.6) is 0 Å². The standard InChI is InChI=1S/C18H21N3O3/c1-12-15(20-14(22)10-11-18(2,3)17(20)24)16(23)21(19(12)4)13-8-6-5-7-9-13/h5-9H,10-11H2,1-4H3. The van der Waals surface area contributed by atoms with Gasteiger partial charge in [0.2, 0.25) is 11.8 Å². The van der Waals surface area contributed by atoms with Crippen molar-refractivity contribution < 1.29 is 9.59 Å². The van der Waals surface area contributed by atoms with E-state index in [1.165, 1.54) is 4.68 Å². The minimum atomic E-state index is -0.653. The van der Waals surface area contributed by atoms with Crippen molar-refractivity contribution in [1.82, 2.24) is 9.36 Å². The maximum atomic E-state index is 13.0. The van der Waals surface area contributed by atoms with Gasteiger partial charge in [0.1, 0.15) is 5.69 Å². The highest BCUT2D eigenvalue weighted by Gasteiger charge is 2.43. The Bertz CT molecular complexity index is 875. The van der Waals surface area contributed by atoms with Gasteiger partial charge in [-0.3, -0.25) is 19.1 Å². The van der Waals surface area contributed by atoms with Crippen molar-refractivity contribution in [3.63, 3.8) is 0 Å². The molecule has 6 heteroatoms. The lowest BCUT2D eigenvalue weighted by atomic mass is 9.82. The largest absolute Gasteiger partial charge is 0.296 e. The zero-order chi connectivity index (χ0) is 17.6. The van der Waals surface area contributed by atoms with Gasteiger partial charge in [-0.1, -0.05) is 32.0 Å². The van der Waals surface area contributed by atoms with Crippen LogP contribution in [0, 0.1) is 12.3 Å². The number of piperidine rings is 1. The molecule has 0 bridgehead atoms. The molecule has 1 saturated heterocycles. The lowest BCUT2D eigenvalue weighted by molar-refractivity contribution is -0.136. The first-order chi connectivity index (χ1) is 11.3. The van der Waals surface area contributed by atoms with Crippen LogP contribution in [-0.2, 0) is 16.6 Å². The quantitative estimate of drug-likeness (QED) is 0.794. The van der Waals surface area contributed by atoms with Crippen molar-refractivity contribution in [2.75, 3.05) is 4.90 Å². The number of carbonyl (C=O) groups is 2. The molecule has 1 aromatic heterocycles. The Labute approximate surface area is 140 Å². The Morgan fingerprint density at radius 3 is 2.29 bits per heavy atom. The summed E-state index contributed by atoms with van der Waals surface area (Å²) in [5.41, 5.74) is 0.420. The number of amides is 2. The Hall–Kier alpha value is -2.63. The second kappa shape index (κ2) is 5.47. The van der Waals surface area contributed by atoms with Crippen LogP contribution in [0.1, 0.15) is 32.4 Å². The molecule has 0 N–H and O–H groups in total. The van der Waals surface area contributed by atoms with Crippen LogP contribution >= 0.6 is 0 Å². The van der Waals surface area contributed by atoms with Gasteiger partial charge in [-0.15, -0.1) is 0 Å². The lowest BCUT2D eigenvalue weighted by Gasteiger charge is -2.34. The summed E-state index contributed by atoms with van der Waals surface area (Å²) in [5.74, 6) is -0.630. The first-order valence-electron chi connectivity index (χ1n) is 7.97. The topological polar surface area (TPSA) is 64.3 Å². The summed E-state index contributed by atoms with van der Waals surface area (Å²) in [6.45, 7) is 5.36. The van der Waals surface area contributed by atoms with Crippen molar-refractivity contribution in [2.45, 2.75) is 33.6 Å². The number of anilines is 1. The van der Waals surface area contributed by atoms with E-state index in [2.05, 4.69) is 0 Å². The van der Waals surface area contributed by atoms with Crippen molar-refractivity contribution in [1.29, 1.82) is 0 Å². The molecule has 1 aliphatic rings. The van der Waals surface area contributed by atoms with Gasteiger partial charge in [0.25, 0.3) is 5.56 Å². The van der Waals surface area contributed by atoms with E-state index in [0.717, 1.165) is 4.90 Å². The van der Waals surface area contributed by atoms with Gasteiger partial charge < -0.3 is 0 Å². The highest BCUT2D eigenvalue weighted by atomic mass is 16.2. The zero-order valence-electron chi connectivity index (χ0n) is 14.4. The predicted molar refractivity (Wildman–Crippen MR) is 91.3 cm³/mol. The highest BCUT2D eigenvalue weighted by Crippen LogP contribution is 2.34. The van der Waals surface area contributed by atoms with E-state index in [9.17, 15) is 14.4 Å². The van der Waals surface area contributed by atoms with E-state index >= 15 is 0 Å². The van der Waals surface area contributed by atoms with E-state index in [0.29, 0.717) is 17.8 Å². The van der Waals surface area contributed by atoms with Crippen LogP contribution in [0.2, 0.25) is 0 Å². The number of hydrogen-bond donors (Lipinski definition) is 0. The molecular weight excluding hydrogens is 306 g/mol. The number of nitrogens with zero attached hydrogens (tertiary/aromatic N) is 3. The Kier molecular flexibility index (Phi) is 3.70. The molecule has 126 valence electrons. The second-order valence-electron chi connectivity index (χ2n) is 6.83. The molecule has 0 aliphatic carbocycles. The highest BCUT2D eigenvalue weighted by molar-refractivity contribution is 6.18. The summed E-state index contributed by atoms with van der Waals surface area (Å²) in [7, 11) is 1.75. The minimum Gasteiger partial charge on any atom is -0.283 e. The summed E-state index contributed by atoms with van der Waals surface area (Å²) in [5, 5.41) is 0. The number of benzene rings is 1. The molecule has 0 atom stereocenters. The van der Waals surface area contributed by atoms with E-state index in [4.69, 9.17) is 0 Å². The van der Waals surface area contributed by atoms with Gasteiger partial charge in [0.05, 0.1) is 11.4 Å². The SMILES string of the molecule is Cc1c(N2C(=O)CCC(C)(C)C2=O)c(=O)n(-c2ccccc2)n1C. The van der Waals surface area contributed by atoms with Crippen LogP contribution in [0.15, 0.2) is 35.1 Å². The molecule has 3 rings (SSSR count). The lowest BCUT2D eigenvalue weighted by Crippen LogP contribution is -2.51. The summed E-state index contributed by atoms with van der Waals surface area (Å²) < 4.78 is 3.15. The molecule has 6 nitrogen and oxygen atoms in total. The summed E-state index contributed by atoms with van der Waals surface area (Å²) in [6, 6.07) is 9.17. The number of imide groups is 1. The fourth-order valence-electron chi connectivity index (χ4n) is 3.09. The predicted octanol–water partition coefficient (Wildman–Crippen LogP) is 2.16. The smallest absolute Gasteiger partial charge is 0.283 e. The Morgan fingerprint density at radius 2 is 1.67 bits per heavy atom. The molecule has 2 amide bonds. The van der Waals surface area contributed by atoms with Crippen molar-refractivity contribution in [2.24, 2.45) is 12.5 Å². The number of para-hydroxylation sites is 1. The minimum absolute atomic E-state index is 0.157. The molecule has 1 aliphatic heterocycles. The summed E-state index contributed by atoms with van der Waals surface area (Å²) in [4.78, 5) is 39.3. The van der Waals surface area contributed by atoms with Crippen LogP contribution in [-0.4, -0.2) is 21.2 Å². The molecule has 0 unspecified atom stereocenters. The van der Waals surface area contributed by atoms with Crippen molar-refractivity contribution >= 4 is 17.5 Å². The monoisotopic (exact) mass is 327 g/mol. The normalized spacial score (nSPS) is 17.4. The van der Waals surface area contributed by atoms with Gasteiger partial charge >= 0.3 is 0 Å². The van der Waals surface area contributed by atoms with E-state index in [-0.39, 0.29) is 29.5 Å². The number of carbonyl (C=O) groups excluding carboxylic acids is 2. The molecule has 0 saturated carbocycles. The number of rotatable bonds is 2. The third-order valence-corrected chi connectivity index (χ3v) is 4.74. The number of hydrogen-bond acceptors (Lipinski definition) is 3. The average Bonchev–Trinajstić information content (AvgIpc) is 2.76. The second-order valence-corrected chi connectivity index (χ2v) is 6.83. The van der Waals surface area contributed by atoms with Crippen LogP contribution in [0.3, 0.4) is 0 Å². The first kappa shape index (κ1) is 16.2. The molecule has 2 aromatic rings. The van der Waals surface area contributed by atoms with Gasteiger partial charge in [-0.25, -0.2) is 9.58 Å². The summed E-state index contributed by atoms with van der Waals surface area (Å²) in [6.07, 6.45) is 0.762. The summed E-state index contributed by atoms with van der Waals surface area (Å²) >= 11 is 0. The molecule has 0 spiro atoms. The van der Waals surface area contributed by atoms with Gasteiger partial charge in [-0.2, -0.15) is 0 Å². The number of aromatic nitrogens is 2. The Morgan fingerprint density at radius 1 is 1.04 bits per heavy atom. The molecule has 1 aromatic carbocycles. The maximum absolute atomic E-state index is 13.0. The van der Waals surface area contributed by atoms with E-state index < -0.39 is 5.41 Å². The fraction of sp³-hybridized carbons (Fsp3) is 0.389. The zero-order valence-corrected chi connectivity index (χ0v) is 14.4. The molecule has 2 heterocycles. The van der Waals surface area contributed by atoms with E-state index in [1.807, 2.05) is 44.2 Å². The third-order valence-electron chi connectivity index (χ3n) is 4.74. The van der Waals surface area contributed by atoms with Crippen LogP contribution < -0.4 is 10.5 Å². The molecular formula is C18H21N3O3. The first-order valence-corrected chi connectivity index (χ1v) is 7.97. The third kappa shape index (κ3) is 2.29. The Balaban J connectivity index is 2.22. The van der Waals surface area contributed by atoms with Crippen LogP contribution in [0.25, 0.3) is 5.69 Å². The maximum Gasteiger partial charge on any atom is 0.296 e. The van der Waals surface area contributed by atoms with Gasteiger partial charge in [-0.05, 0) is 25.5 Å². The molecule has 1 fully saturated rings. The van der Waals surface area contributed by atoms with Gasteiger partial charge in [0, 0.05) is 18.9 Å². The van der Waals surface area contributed by atoms with E-state index in [1.54, 1.807) is 18.7 Å². The molecule has 24 heavy (non-hydrogen) atoms. The fourth-order valence-corrected chi connectivity index (χ4v) is 3.09. The van der Waals surface area contributed by atoms with Gasteiger partial charge in [0.15, 0.2) is 0 Å². The van der Waals surface area contributed by atoms with Crippen molar-refractivity contribution in [3.8, 4) is 5.69 Å². The van der Waals surface area contributed by atoms with Crippen LogP contribution in [0.4, 0.5) is 5.69 Å².